The first-order chi connectivity index (χ1) is 7.65. The molecule has 0 aliphatic heterocycles. The average Bonchev–Trinajstić information content (AvgIpc) is 2.63. The number of aryl methyl sites for hydroxylation is 1. The number of H-pyrrole nitrogens is 2. The van der Waals surface area contributed by atoms with Gasteiger partial charge in [0.1, 0.15) is 11.5 Å². The predicted molar refractivity (Wildman–Crippen MR) is 54.0 cm³/mol. The van der Waals surface area contributed by atoms with E-state index in [1.54, 1.807) is 13.0 Å². The Morgan fingerprint density at radius 2 is 2.31 bits per heavy atom. The molecule has 0 spiro atoms. The summed E-state index contributed by atoms with van der Waals surface area (Å²) >= 11 is 0. The van der Waals surface area contributed by atoms with Gasteiger partial charge in [0.25, 0.3) is 5.56 Å². The third-order valence-corrected chi connectivity index (χ3v) is 1.83. The molecule has 84 valence electrons. The molecule has 2 aromatic rings. The van der Waals surface area contributed by atoms with Crippen molar-refractivity contribution in [3.8, 4) is 0 Å². The molecule has 2 aromatic heterocycles. The van der Waals surface area contributed by atoms with Crippen LogP contribution in [0.3, 0.4) is 0 Å². The van der Waals surface area contributed by atoms with Gasteiger partial charge < -0.3 is 9.84 Å². The van der Waals surface area contributed by atoms with Crippen LogP contribution in [-0.4, -0.2) is 20.3 Å². The first-order valence-corrected chi connectivity index (χ1v) is 4.50. The van der Waals surface area contributed by atoms with E-state index in [0.29, 0.717) is 18.0 Å². The molecular weight excluding hydrogens is 214 g/mol. The SMILES string of the molecule is Cc1cc(CNc2n[nH]c(=O)[nH]c2=O)no1. The van der Waals surface area contributed by atoms with Crippen molar-refractivity contribution in [2.75, 3.05) is 5.32 Å². The zero-order valence-electron chi connectivity index (χ0n) is 8.40. The zero-order chi connectivity index (χ0) is 11.5. The van der Waals surface area contributed by atoms with Crippen LogP contribution < -0.4 is 16.6 Å². The summed E-state index contributed by atoms with van der Waals surface area (Å²) < 4.78 is 4.85. The molecule has 2 rings (SSSR count). The minimum Gasteiger partial charge on any atom is -0.361 e. The summed E-state index contributed by atoms with van der Waals surface area (Å²) in [6.45, 7) is 2.06. The van der Waals surface area contributed by atoms with E-state index in [0.717, 1.165) is 0 Å². The number of aromatic amines is 2. The molecule has 2 heterocycles. The van der Waals surface area contributed by atoms with Crippen LogP contribution in [-0.2, 0) is 6.54 Å². The van der Waals surface area contributed by atoms with Gasteiger partial charge in [-0.3, -0.25) is 9.78 Å². The van der Waals surface area contributed by atoms with Crippen LogP contribution in [0.1, 0.15) is 11.5 Å². The lowest BCUT2D eigenvalue weighted by Gasteiger charge is -1.99. The van der Waals surface area contributed by atoms with Crippen LogP contribution in [0, 0.1) is 6.92 Å². The number of nitrogens with one attached hydrogen (secondary N) is 3. The monoisotopic (exact) mass is 223 g/mol. The highest BCUT2D eigenvalue weighted by Crippen LogP contribution is 2.02. The maximum Gasteiger partial charge on any atom is 0.342 e. The van der Waals surface area contributed by atoms with Crippen LogP contribution >= 0.6 is 0 Å². The van der Waals surface area contributed by atoms with Crippen molar-refractivity contribution in [2.24, 2.45) is 0 Å². The van der Waals surface area contributed by atoms with E-state index >= 15 is 0 Å². The topological polar surface area (TPSA) is 117 Å². The fourth-order valence-electron chi connectivity index (χ4n) is 1.14. The van der Waals surface area contributed by atoms with E-state index in [9.17, 15) is 9.59 Å². The van der Waals surface area contributed by atoms with Gasteiger partial charge in [-0.1, -0.05) is 5.16 Å². The summed E-state index contributed by atoms with van der Waals surface area (Å²) in [6.07, 6.45) is 0. The van der Waals surface area contributed by atoms with E-state index in [2.05, 4.69) is 20.7 Å². The van der Waals surface area contributed by atoms with Crippen molar-refractivity contribution in [1.82, 2.24) is 20.3 Å². The normalized spacial score (nSPS) is 10.3. The third kappa shape index (κ3) is 2.16. The van der Waals surface area contributed by atoms with Crippen molar-refractivity contribution in [1.29, 1.82) is 0 Å². The average molecular weight is 223 g/mol. The number of hydrogen-bond acceptors (Lipinski definition) is 6. The summed E-state index contributed by atoms with van der Waals surface area (Å²) in [5.74, 6) is 0.709. The van der Waals surface area contributed by atoms with Crippen molar-refractivity contribution < 1.29 is 4.52 Å². The van der Waals surface area contributed by atoms with Crippen molar-refractivity contribution >= 4 is 5.82 Å². The van der Waals surface area contributed by atoms with Crippen LogP contribution in [0.15, 0.2) is 20.2 Å². The molecule has 0 amide bonds. The Bertz CT molecular complexity index is 596. The van der Waals surface area contributed by atoms with Crippen LogP contribution in [0.5, 0.6) is 0 Å². The molecule has 16 heavy (non-hydrogen) atoms. The fraction of sp³-hybridized carbons (Fsp3) is 0.250. The van der Waals surface area contributed by atoms with Gasteiger partial charge in [-0.2, -0.15) is 0 Å². The van der Waals surface area contributed by atoms with E-state index in [-0.39, 0.29) is 5.82 Å². The largest absolute Gasteiger partial charge is 0.361 e. The highest BCUT2D eigenvalue weighted by molar-refractivity contribution is 5.29. The van der Waals surface area contributed by atoms with E-state index in [4.69, 9.17) is 4.52 Å². The molecule has 0 bridgehead atoms. The Labute approximate surface area is 88.7 Å². The lowest BCUT2D eigenvalue weighted by atomic mass is 10.4. The molecule has 0 saturated carbocycles. The van der Waals surface area contributed by atoms with Crippen molar-refractivity contribution in [3.63, 3.8) is 0 Å². The van der Waals surface area contributed by atoms with Crippen molar-refractivity contribution in [2.45, 2.75) is 13.5 Å². The number of rotatable bonds is 3. The highest BCUT2D eigenvalue weighted by Gasteiger charge is 2.04. The fourth-order valence-corrected chi connectivity index (χ4v) is 1.14. The molecule has 0 aliphatic carbocycles. The molecule has 0 aromatic carbocycles. The summed E-state index contributed by atoms with van der Waals surface area (Å²) in [5, 5.41) is 12.1. The minimum atomic E-state index is -0.646. The summed E-state index contributed by atoms with van der Waals surface area (Å²) in [4.78, 5) is 24.0. The maximum atomic E-state index is 11.2. The van der Waals surface area contributed by atoms with E-state index < -0.39 is 11.2 Å². The lowest BCUT2D eigenvalue weighted by molar-refractivity contribution is 0.391. The molecule has 8 nitrogen and oxygen atoms in total. The second kappa shape index (κ2) is 4.01. The van der Waals surface area contributed by atoms with Crippen molar-refractivity contribution in [3.05, 3.63) is 38.4 Å². The first-order valence-electron chi connectivity index (χ1n) is 4.50. The van der Waals surface area contributed by atoms with Gasteiger partial charge in [-0.25, -0.2) is 9.89 Å². The van der Waals surface area contributed by atoms with E-state index in [1.165, 1.54) is 0 Å². The van der Waals surface area contributed by atoms with E-state index in [1.807, 2.05) is 4.98 Å². The molecule has 0 atom stereocenters. The standard InChI is InChI=1S/C8H9N5O3/c1-4-2-5(13-16-4)3-9-6-7(14)10-8(15)12-11-6/h2H,3H2,1H3,(H,9,11)(H2,10,12,14,15). The molecular formula is C8H9N5O3. The maximum absolute atomic E-state index is 11.2. The second-order valence-corrected chi connectivity index (χ2v) is 3.14. The van der Waals surface area contributed by atoms with Gasteiger partial charge in [0.2, 0.25) is 5.82 Å². The Morgan fingerprint density at radius 3 is 2.94 bits per heavy atom. The number of hydrogen-bond donors (Lipinski definition) is 3. The molecule has 0 fully saturated rings. The lowest BCUT2D eigenvalue weighted by Crippen LogP contribution is -2.26. The number of anilines is 1. The number of nitrogens with zero attached hydrogens (tertiary/aromatic N) is 2. The van der Waals surface area contributed by atoms with Crippen LogP contribution in [0.25, 0.3) is 0 Å². The second-order valence-electron chi connectivity index (χ2n) is 3.14. The summed E-state index contributed by atoms with van der Waals surface area (Å²) in [7, 11) is 0. The Hall–Kier alpha value is -2.38. The Kier molecular flexibility index (Phi) is 2.54. The zero-order valence-corrected chi connectivity index (χ0v) is 8.40. The van der Waals surface area contributed by atoms with Gasteiger partial charge in [0.05, 0.1) is 6.54 Å². The smallest absolute Gasteiger partial charge is 0.342 e. The molecule has 0 aliphatic rings. The molecule has 8 heteroatoms. The van der Waals surface area contributed by atoms with Gasteiger partial charge in [0.15, 0.2) is 0 Å². The minimum absolute atomic E-state index is 0.0280. The van der Waals surface area contributed by atoms with Gasteiger partial charge in [-0.15, -0.1) is 5.10 Å². The molecule has 0 saturated heterocycles. The first kappa shape index (κ1) is 10.1. The molecule has 0 radical (unpaired) electrons. The number of aromatic nitrogens is 4. The Balaban J connectivity index is 2.10. The predicted octanol–water partition coefficient (Wildman–Crippen LogP) is -0.633. The van der Waals surface area contributed by atoms with Crippen LogP contribution in [0.2, 0.25) is 0 Å². The third-order valence-electron chi connectivity index (χ3n) is 1.83. The van der Waals surface area contributed by atoms with Gasteiger partial charge in [-0.05, 0) is 6.92 Å². The summed E-state index contributed by atoms with van der Waals surface area (Å²) in [5.41, 5.74) is -0.582. The Morgan fingerprint density at radius 1 is 1.50 bits per heavy atom. The van der Waals surface area contributed by atoms with Gasteiger partial charge >= 0.3 is 5.69 Å². The summed E-state index contributed by atoms with van der Waals surface area (Å²) in [6, 6.07) is 1.73. The van der Waals surface area contributed by atoms with Gasteiger partial charge in [0, 0.05) is 6.07 Å². The molecule has 0 unspecified atom stereocenters. The highest BCUT2D eigenvalue weighted by atomic mass is 16.5. The molecule has 3 N–H and O–H groups in total. The van der Waals surface area contributed by atoms with Crippen LogP contribution in [0.4, 0.5) is 5.82 Å². The quantitative estimate of drug-likeness (QED) is 0.637.